The molecule has 1 aromatic carbocycles. The minimum atomic E-state index is -0.290. The van der Waals surface area contributed by atoms with Crippen LogP contribution in [0.4, 0.5) is 0 Å². The molecule has 0 radical (unpaired) electrons. The summed E-state index contributed by atoms with van der Waals surface area (Å²) in [5.41, 5.74) is 6.59. The second kappa shape index (κ2) is 8.15. The second-order valence-corrected chi connectivity index (χ2v) is 6.60. The van der Waals surface area contributed by atoms with Gasteiger partial charge in [-0.1, -0.05) is 29.8 Å². The van der Waals surface area contributed by atoms with Crippen molar-refractivity contribution < 1.29 is 9.53 Å². The number of hydrazone groups is 1. The number of amides is 1. The van der Waals surface area contributed by atoms with E-state index in [0.29, 0.717) is 16.7 Å². The van der Waals surface area contributed by atoms with E-state index in [9.17, 15) is 4.79 Å². The highest BCUT2D eigenvalue weighted by Gasteiger charge is 2.18. The van der Waals surface area contributed by atoms with Gasteiger partial charge in [0, 0.05) is 5.02 Å². The summed E-state index contributed by atoms with van der Waals surface area (Å²) in [6.45, 7) is 9.83. The Kier molecular flexibility index (Phi) is 6.21. The standard InChI is InChI=1S/C19H23ClN2O2/c1-12(2)15-6-5-13(3)17(10-15)21-22-19(23)11-24-18-8-7-16(20)9-14(18)4/h5,7-9,15H,1,6,10-11H2,2-4H3,(H,22,23)/b21-17-. The Morgan fingerprint density at radius 2 is 2.21 bits per heavy atom. The minimum Gasteiger partial charge on any atom is -0.483 e. The summed E-state index contributed by atoms with van der Waals surface area (Å²) in [4.78, 5) is 12.0. The summed E-state index contributed by atoms with van der Waals surface area (Å²) in [6, 6.07) is 5.28. The zero-order valence-corrected chi connectivity index (χ0v) is 15.1. The lowest BCUT2D eigenvalue weighted by atomic mass is 9.85. The summed E-state index contributed by atoms with van der Waals surface area (Å²) in [7, 11) is 0. The van der Waals surface area contributed by atoms with Gasteiger partial charge in [-0.25, -0.2) is 5.43 Å². The molecule has 5 heteroatoms. The van der Waals surface area contributed by atoms with E-state index in [2.05, 4.69) is 23.2 Å². The van der Waals surface area contributed by atoms with Gasteiger partial charge >= 0.3 is 0 Å². The number of aryl methyl sites for hydroxylation is 1. The molecule has 2 rings (SSSR count). The van der Waals surface area contributed by atoms with E-state index in [1.165, 1.54) is 0 Å². The lowest BCUT2D eigenvalue weighted by Crippen LogP contribution is -2.27. The number of benzene rings is 1. The van der Waals surface area contributed by atoms with Crippen LogP contribution in [-0.4, -0.2) is 18.2 Å². The van der Waals surface area contributed by atoms with Crippen LogP contribution in [0.25, 0.3) is 0 Å². The summed E-state index contributed by atoms with van der Waals surface area (Å²) in [5.74, 6) is 0.734. The molecule has 1 atom stereocenters. The Labute approximate surface area is 148 Å². The largest absolute Gasteiger partial charge is 0.483 e. The number of rotatable bonds is 5. The molecule has 0 aromatic heterocycles. The highest BCUT2D eigenvalue weighted by molar-refractivity contribution is 6.30. The van der Waals surface area contributed by atoms with Crippen LogP contribution < -0.4 is 10.2 Å². The number of hydrogen-bond acceptors (Lipinski definition) is 3. The number of allylic oxidation sites excluding steroid dienone is 3. The van der Waals surface area contributed by atoms with Gasteiger partial charge in [0.05, 0.1) is 5.71 Å². The van der Waals surface area contributed by atoms with Gasteiger partial charge in [-0.3, -0.25) is 4.79 Å². The minimum absolute atomic E-state index is 0.0913. The Bertz CT molecular complexity index is 707. The van der Waals surface area contributed by atoms with Crippen molar-refractivity contribution in [1.82, 2.24) is 5.43 Å². The van der Waals surface area contributed by atoms with Crippen molar-refractivity contribution in [2.75, 3.05) is 6.61 Å². The number of carbonyl (C=O) groups is 1. The monoisotopic (exact) mass is 346 g/mol. The number of carbonyl (C=O) groups excluding carboxylic acids is 1. The molecule has 4 nitrogen and oxygen atoms in total. The molecule has 1 aromatic rings. The van der Waals surface area contributed by atoms with Crippen molar-refractivity contribution in [2.45, 2.75) is 33.6 Å². The molecule has 24 heavy (non-hydrogen) atoms. The van der Waals surface area contributed by atoms with Gasteiger partial charge < -0.3 is 4.74 Å². The van der Waals surface area contributed by atoms with Crippen molar-refractivity contribution in [1.29, 1.82) is 0 Å². The molecule has 0 saturated heterocycles. The Balaban J connectivity index is 1.91. The highest BCUT2D eigenvalue weighted by Crippen LogP contribution is 2.26. The fourth-order valence-electron chi connectivity index (χ4n) is 2.50. The molecule has 1 aliphatic carbocycles. The van der Waals surface area contributed by atoms with Crippen LogP contribution in [0, 0.1) is 12.8 Å². The first kappa shape index (κ1) is 18.3. The van der Waals surface area contributed by atoms with Crippen molar-refractivity contribution in [2.24, 2.45) is 11.0 Å². The molecule has 1 unspecified atom stereocenters. The van der Waals surface area contributed by atoms with Crippen LogP contribution in [0.5, 0.6) is 5.75 Å². The van der Waals surface area contributed by atoms with Gasteiger partial charge in [0.2, 0.25) is 0 Å². The maximum atomic E-state index is 12.0. The van der Waals surface area contributed by atoms with E-state index in [1.807, 2.05) is 20.8 Å². The van der Waals surface area contributed by atoms with E-state index in [-0.39, 0.29) is 12.5 Å². The van der Waals surface area contributed by atoms with Gasteiger partial charge in [0.15, 0.2) is 6.61 Å². The predicted molar refractivity (Wildman–Crippen MR) is 98.6 cm³/mol. The smallest absolute Gasteiger partial charge is 0.277 e. The summed E-state index contributed by atoms with van der Waals surface area (Å²) in [6.07, 6.45) is 3.92. The first-order valence-electron chi connectivity index (χ1n) is 7.93. The molecule has 1 aliphatic rings. The third-order valence-corrected chi connectivity index (χ3v) is 4.35. The molecule has 128 valence electrons. The average Bonchev–Trinajstić information content (AvgIpc) is 2.53. The lowest BCUT2D eigenvalue weighted by Gasteiger charge is -2.22. The maximum absolute atomic E-state index is 12.0. The first-order chi connectivity index (χ1) is 11.4. The number of nitrogens with one attached hydrogen (secondary N) is 1. The molecule has 0 saturated carbocycles. The molecule has 1 N–H and O–H groups in total. The van der Waals surface area contributed by atoms with Crippen LogP contribution in [-0.2, 0) is 4.79 Å². The zero-order valence-electron chi connectivity index (χ0n) is 14.4. The molecular formula is C19H23ClN2O2. The molecule has 1 amide bonds. The van der Waals surface area contributed by atoms with Crippen molar-refractivity contribution in [3.05, 3.63) is 52.6 Å². The average molecular weight is 347 g/mol. The molecule has 0 spiro atoms. The fourth-order valence-corrected chi connectivity index (χ4v) is 2.73. The third-order valence-electron chi connectivity index (χ3n) is 4.11. The number of halogens is 1. The van der Waals surface area contributed by atoms with E-state index < -0.39 is 0 Å². The molecular weight excluding hydrogens is 324 g/mol. The van der Waals surface area contributed by atoms with Gasteiger partial charge in [-0.05, 0) is 68.9 Å². The number of hydrogen-bond donors (Lipinski definition) is 1. The maximum Gasteiger partial charge on any atom is 0.277 e. The molecule has 0 fully saturated rings. The van der Waals surface area contributed by atoms with Gasteiger partial charge in [-0.2, -0.15) is 5.10 Å². The summed E-state index contributed by atoms with van der Waals surface area (Å²) in [5, 5.41) is 4.89. The van der Waals surface area contributed by atoms with Gasteiger partial charge in [0.1, 0.15) is 5.75 Å². The Hall–Kier alpha value is -2.07. The van der Waals surface area contributed by atoms with Crippen LogP contribution >= 0.6 is 11.6 Å². The molecule has 0 heterocycles. The number of nitrogens with zero attached hydrogens (tertiary/aromatic N) is 1. The van der Waals surface area contributed by atoms with Crippen molar-refractivity contribution >= 4 is 23.2 Å². The normalized spacial score (nSPS) is 18.9. The summed E-state index contributed by atoms with van der Waals surface area (Å²) < 4.78 is 5.51. The van der Waals surface area contributed by atoms with E-state index in [4.69, 9.17) is 16.3 Å². The molecule has 0 aliphatic heterocycles. The van der Waals surface area contributed by atoms with Crippen LogP contribution in [0.3, 0.4) is 0 Å². The van der Waals surface area contributed by atoms with E-state index in [1.54, 1.807) is 18.2 Å². The van der Waals surface area contributed by atoms with Crippen molar-refractivity contribution in [3.8, 4) is 5.75 Å². The van der Waals surface area contributed by atoms with E-state index in [0.717, 1.165) is 35.3 Å². The topological polar surface area (TPSA) is 50.7 Å². The van der Waals surface area contributed by atoms with Crippen LogP contribution in [0.15, 0.2) is 47.1 Å². The lowest BCUT2D eigenvalue weighted by molar-refractivity contribution is -0.123. The van der Waals surface area contributed by atoms with Crippen LogP contribution in [0.2, 0.25) is 5.02 Å². The quantitative estimate of drug-likeness (QED) is 0.633. The Morgan fingerprint density at radius 3 is 2.88 bits per heavy atom. The predicted octanol–water partition coefficient (Wildman–Crippen LogP) is 4.43. The highest BCUT2D eigenvalue weighted by atomic mass is 35.5. The van der Waals surface area contributed by atoms with Crippen molar-refractivity contribution in [3.63, 3.8) is 0 Å². The molecule has 0 bridgehead atoms. The second-order valence-electron chi connectivity index (χ2n) is 6.16. The number of ether oxygens (including phenoxy) is 1. The Morgan fingerprint density at radius 1 is 1.46 bits per heavy atom. The van der Waals surface area contributed by atoms with Crippen LogP contribution in [0.1, 0.15) is 32.3 Å². The SMILES string of the molecule is C=C(C)C1CC=C(C)/C(=N\NC(=O)COc2ccc(Cl)cc2C)C1. The zero-order chi connectivity index (χ0) is 17.7. The first-order valence-corrected chi connectivity index (χ1v) is 8.31. The van der Waals surface area contributed by atoms with Gasteiger partial charge in [0.25, 0.3) is 5.91 Å². The fraction of sp³-hybridized carbons (Fsp3) is 0.368. The van der Waals surface area contributed by atoms with Gasteiger partial charge in [-0.15, -0.1) is 0 Å². The third kappa shape index (κ3) is 4.96. The van der Waals surface area contributed by atoms with E-state index >= 15 is 0 Å². The summed E-state index contributed by atoms with van der Waals surface area (Å²) >= 11 is 5.90.